The first kappa shape index (κ1) is 12.4. The Bertz CT molecular complexity index is 476. The van der Waals surface area contributed by atoms with Gasteiger partial charge in [0.25, 0.3) is 0 Å². The molecule has 0 saturated carbocycles. The number of fused-ring (bicyclic) bond motifs is 1. The molecule has 1 atom stereocenters. The maximum absolute atomic E-state index is 11.7. The molecule has 3 heterocycles. The summed E-state index contributed by atoms with van der Waals surface area (Å²) >= 11 is 0. The number of anilines is 1. The van der Waals surface area contributed by atoms with Gasteiger partial charge in [-0.25, -0.2) is 4.98 Å². The predicted octanol–water partition coefficient (Wildman–Crippen LogP) is 0.612. The van der Waals surface area contributed by atoms with Crippen LogP contribution < -0.4 is 10.2 Å². The zero-order valence-corrected chi connectivity index (χ0v) is 11.3. The fourth-order valence-electron chi connectivity index (χ4n) is 3.10. The van der Waals surface area contributed by atoms with Crippen LogP contribution in [0.5, 0.6) is 0 Å². The van der Waals surface area contributed by atoms with E-state index < -0.39 is 0 Å². The molecular formula is C14H20N4O. The Morgan fingerprint density at radius 1 is 1.47 bits per heavy atom. The van der Waals surface area contributed by atoms with Gasteiger partial charge in [0.1, 0.15) is 5.82 Å². The number of pyridine rings is 1. The van der Waals surface area contributed by atoms with E-state index in [1.165, 1.54) is 5.56 Å². The van der Waals surface area contributed by atoms with Crippen LogP contribution in [0.4, 0.5) is 5.82 Å². The minimum atomic E-state index is 0.320. The van der Waals surface area contributed by atoms with Crippen LogP contribution in [0.1, 0.15) is 18.4 Å². The van der Waals surface area contributed by atoms with E-state index in [0.717, 1.165) is 38.4 Å². The maximum Gasteiger partial charge on any atom is 0.223 e. The fourth-order valence-corrected chi connectivity index (χ4v) is 3.10. The van der Waals surface area contributed by atoms with Gasteiger partial charge in [0, 0.05) is 50.4 Å². The lowest BCUT2D eigenvalue weighted by molar-refractivity contribution is -0.129. The Labute approximate surface area is 113 Å². The van der Waals surface area contributed by atoms with E-state index in [1.807, 2.05) is 24.2 Å². The monoisotopic (exact) mass is 260 g/mol. The standard InChI is InChI=1S/C14H20N4O/c1-15-9-11-3-2-6-16-14(11)17-7-8-18-12(10-17)4-5-13(18)19/h2-3,6,12,15H,4-5,7-10H2,1H3. The summed E-state index contributed by atoms with van der Waals surface area (Å²) in [6.07, 6.45) is 3.55. The lowest BCUT2D eigenvalue weighted by atomic mass is 10.1. The Morgan fingerprint density at radius 2 is 2.37 bits per heavy atom. The van der Waals surface area contributed by atoms with Gasteiger partial charge >= 0.3 is 0 Å². The highest BCUT2D eigenvalue weighted by Gasteiger charge is 2.36. The minimum absolute atomic E-state index is 0.320. The molecule has 1 unspecified atom stereocenters. The van der Waals surface area contributed by atoms with Gasteiger partial charge in [0.2, 0.25) is 5.91 Å². The molecule has 1 aromatic heterocycles. The summed E-state index contributed by atoms with van der Waals surface area (Å²) in [5.41, 5.74) is 1.22. The molecule has 5 heteroatoms. The van der Waals surface area contributed by atoms with E-state index in [9.17, 15) is 4.79 Å². The highest BCUT2D eigenvalue weighted by Crippen LogP contribution is 2.26. The average molecular weight is 260 g/mol. The average Bonchev–Trinajstić information content (AvgIpc) is 2.81. The molecule has 0 bridgehead atoms. The molecule has 2 saturated heterocycles. The second kappa shape index (κ2) is 5.17. The third kappa shape index (κ3) is 2.30. The summed E-state index contributed by atoms with van der Waals surface area (Å²) in [4.78, 5) is 20.6. The Kier molecular flexibility index (Phi) is 3.38. The van der Waals surface area contributed by atoms with Crippen molar-refractivity contribution in [3.8, 4) is 0 Å². The Hall–Kier alpha value is -1.62. The smallest absolute Gasteiger partial charge is 0.223 e. The number of piperazine rings is 1. The zero-order chi connectivity index (χ0) is 13.2. The van der Waals surface area contributed by atoms with Crippen LogP contribution in [0.25, 0.3) is 0 Å². The highest BCUT2D eigenvalue weighted by atomic mass is 16.2. The van der Waals surface area contributed by atoms with Crippen molar-refractivity contribution >= 4 is 11.7 Å². The lowest BCUT2D eigenvalue weighted by Gasteiger charge is -2.38. The lowest BCUT2D eigenvalue weighted by Crippen LogP contribution is -2.52. The van der Waals surface area contributed by atoms with E-state index in [2.05, 4.69) is 21.3 Å². The second-order valence-electron chi connectivity index (χ2n) is 5.24. The molecule has 2 aliphatic heterocycles. The zero-order valence-electron chi connectivity index (χ0n) is 11.3. The van der Waals surface area contributed by atoms with E-state index in [1.54, 1.807) is 0 Å². The van der Waals surface area contributed by atoms with Gasteiger partial charge in [0.05, 0.1) is 0 Å². The first-order chi connectivity index (χ1) is 9.29. The number of carbonyl (C=O) groups is 1. The first-order valence-corrected chi connectivity index (χ1v) is 6.92. The van der Waals surface area contributed by atoms with Crippen molar-refractivity contribution in [3.05, 3.63) is 23.9 Å². The normalized spacial score (nSPS) is 22.8. The van der Waals surface area contributed by atoms with E-state index in [-0.39, 0.29) is 0 Å². The molecule has 2 aliphatic rings. The molecule has 1 N–H and O–H groups in total. The summed E-state index contributed by atoms with van der Waals surface area (Å²) in [7, 11) is 1.95. The van der Waals surface area contributed by atoms with Gasteiger partial charge in [-0.3, -0.25) is 4.79 Å². The summed E-state index contributed by atoms with van der Waals surface area (Å²) in [5.74, 6) is 1.39. The molecule has 102 valence electrons. The molecule has 19 heavy (non-hydrogen) atoms. The Balaban J connectivity index is 1.78. The molecule has 2 fully saturated rings. The van der Waals surface area contributed by atoms with Crippen molar-refractivity contribution in [2.45, 2.75) is 25.4 Å². The van der Waals surface area contributed by atoms with Gasteiger partial charge in [-0.2, -0.15) is 0 Å². The van der Waals surface area contributed by atoms with Crippen LogP contribution in [0, 0.1) is 0 Å². The molecule has 5 nitrogen and oxygen atoms in total. The van der Waals surface area contributed by atoms with Crippen molar-refractivity contribution in [3.63, 3.8) is 0 Å². The van der Waals surface area contributed by atoms with Crippen LogP contribution in [0.3, 0.4) is 0 Å². The number of amides is 1. The van der Waals surface area contributed by atoms with Crippen molar-refractivity contribution < 1.29 is 4.79 Å². The SMILES string of the molecule is CNCc1cccnc1N1CCN2C(=O)CCC2C1. The van der Waals surface area contributed by atoms with Crippen molar-refractivity contribution in [2.24, 2.45) is 0 Å². The summed E-state index contributed by atoms with van der Waals surface area (Å²) in [6, 6.07) is 4.47. The van der Waals surface area contributed by atoms with Crippen LogP contribution in [0.15, 0.2) is 18.3 Å². The van der Waals surface area contributed by atoms with Crippen molar-refractivity contribution in [2.75, 3.05) is 31.6 Å². The van der Waals surface area contributed by atoms with Crippen LogP contribution in [-0.2, 0) is 11.3 Å². The van der Waals surface area contributed by atoms with Gasteiger partial charge < -0.3 is 15.1 Å². The number of nitrogens with one attached hydrogen (secondary N) is 1. The third-order valence-corrected chi connectivity index (χ3v) is 4.03. The predicted molar refractivity (Wildman–Crippen MR) is 73.9 cm³/mol. The molecule has 1 aromatic rings. The summed E-state index contributed by atoms with van der Waals surface area (Å²) in [5, 5.41) is 3.19. The van der Waals surface area contributed by atoms with Gasteiger partial charge in [0.15, 0.2) is 0 Å². The molecule has 0 radical (unpaired) electrons. The number of carbonyl (C=O) groups excluding carboxylic acids is 1. The quantitative estimate of drug-likeness (QED) is 0.865. The van der Waals surface area contributed by atoms with Crippen LogP contribution >= 0.6 is 0 Å². The molecular weight excluding hydrogens is 240 g/mol. The van der Waals surface area contributed by atoms with Gasteiger partial charge in [-0.1, -0.05) is 6.07 Å². The number of hydrogen-bond donors (Lipinski definition) is 1. The Morgan fingerprint density at radius 3 is 3.21 bits per heavy atom. The second-order valence-corrected chi connectivity index (χ2v) is 5.24. The maximum atomic E-state index is 11.7. The fraction of sp³-hybridized carbons (Fsp3) is 0.571. The number of aromatic nitrogens is 1. The molecule has 0 aliphatic carbocycles. The van der Waals surface area contributed by atoms with Crippen LogP contribution in [-0.4, -0.2) is 48.5 Å². The van der Waals surface area contributed by atoms with Crippen LogP contribution in [0.2, 0.25) is 0 Å². The van der Waals surface area contributed by atoms with Crippen molar-refractivity contribution in [1.29, 1.82) is 0 Å². The summed E-state index contributed by atoms with van der Waals surface area (Å²) < 4.78 is 0. The number of nitrogens with zero attached hydrogens (tertiary/aromatic N) is 3. The topological polar surface area (TPSA) is 48.5 Å². The van der Waals surface area contributed by atoms with Gasteiger partial charge in [-0.05, 0) is 19.5 Å². The minimum Gasteiger partial charge on any atom is -0.353 e. The molecule has 3 rings (SSSR count). The van der Waals surface area contributed by atoms with E-state index >= 15 is 0 Å². The van der Waals surface area contributed by atoms with Crippen molar-refractivity contribution in [1.82, 2.24) is 15.2 Å². The largest absolute Gasteiger partial charge is 0.353 e. The molecule has 0 aromatic carbocycles. The van der Waals surface area contributed by atoms with Gasteiger partial charge in [-0.15, -0.1) is 0 Å². The molecule has 0 spiro atoms. The molecule has 1 amide bonds. The number of hydrogen-bond acceptors (Lipinski definition) is 4. The number of rotatable bonds is 3. The summed E-state index contributed by atoms with van der Waals surface area (Å²) in [6.45, 7) is 3.46. The van der Waals surface area contributed by atoms with E-state index in [4.69, 9.17) is 0 Å². The third-order valence-electron chi connectivity index (χ3n) is 4.03. The first-order valence-electron chi connectivity index (χ1n) is 6.92. The highest BCUT2D eigenvalue weighted by molar-refractivity contribution is 5.79. The van der Waals surface area contributed by atoms with E-state index in [0.29, 0.717) is 18.4 Å².